The van der Waals surface area contributed by atoms with Crippen LogP contribution in [0.3, 0.4) is 0 Å². The van der Waals surface area contributed by atoms with Crippen molar-refractivity contribution in [3.8, 4) is 0 Å². The van der Waals surface area contributed by atoms with Crippen LogP contribution in [0.4, 0.5) is 0 Å². The average molecular weight is 415 g/mol. The molecule has 2 aromatic heterocycles. The summed E-state index contributed by atoms with van der Waals surface area (Å²) in [7, 11) is 0. The predicted octanol–water partition coefficient (Wildman–Crippen LogP) is 3.02. The lowest BCUT2D eigenvalue weighted by Gasteiger charge is -2.26. The first-order valence-corrected chi connectivity index (χ1v) is 11.0. The standard InChI is InChI=1S/C21H26N4O3S/c1-15-18(16(2)28-23-15)14-29-21-22-19-7-4-3-6-17(19)20(26)25(21)9-5-8-24-10-12-27-13-11-24/h3-4,6-7H,5,8-14H2,1-2H3. The van der Waals surface area contributed by atoms with E-state index in [4.69, 9.17) is 14.2 Å². The van der Waals surface area contributed by atoms with Crippen LogP contribution in [0.15, 0.2) is 38.7 Å². The van der Waals surface area contributed by atoms with Gasteiger partial charge in [0.2, 0.25) is 0 Å². The van der Waals surface area contributed by atoms with Crippen molar-refractivity contribution in [1.29, 1.82) is 0 Å². The minimum absolute atomic E-state index is 0.0267. The summed E-state index contributed by atoms with van der Waals surface area (Å²) in [6, 6.07) is 7.56. The highest BCUT2D eigenvalue weighted by atomic mass is 32.2. The van der Waals surface area contributed by atoms with Crippen molar-refractivity contribution in [1.82, 2.24) is 19.6 Å². The van der Waals surface area contributed by atoms with Crippen LogP contribution in [0.2, 0.25) is 0 Å². The van der Waals surface area contributed by atoms with Crippen LogP contribution in [-0.4, -0.2) is 52.5 Å². The molecule has 1 aromatic carbocycles. The lowest BCUT2D eigenvalue weighted by molar-refractivity contribution is 0.0368. The molecule has 0 unspecified atom stereocenters. The van der Waals surface area contributed by atoms with E-state index in [0.717, 1.165) is 67.0 Å². The van der Waals surface area contributed by atoms with Crippen molar-refractivity contribution in [2.75, 3.05) is 32.8 Å². The monoisotopic (exact) mass is 414 g/mol. The summed E-state index contributed by atoms with van der Waals surface area (Å²) in [5, 5.41) is 5.44. The first kappa shape index (κ1) is 20.1. The van der Waals surface area contributed by atoms with Crippen molar-refractivity contribution < 1.29 is 9.26 Å². The highest BCUT2D eigenvalue weighted by Crippen LogP contribution is 2.25. The Kier molecular flexibility index (Phi) is 6.32. The fraction of sp³-hybridized carbons (Fsp3) is 0.476. The summed E-state index contributed by atoms with van der Waals surface area (Å²) >= 11 is 1.57. The van der Waals surface area contributed by atoms with Gasteiger partial charge in [-0.05, 0) is 32.4 Å². The third-order valence-electron chi connectivity index (χ3n) is 5.31. The molecule has 8 heteroatoms. The molecule has 7 nitrogen and oxygen atoms in total. The lowest BCUT2D eigenvalue weighted by Crippen LogP contribution is -2.37. The number of nitrogens with zero attached hydrogens (tertiary/aromatic N) is 4. The number of hydrogen-bond donors (Lipinski definition) is 0. The molecule has 154 valence electrons. The summed E-state index contributed by atoms with van der Waals surface area (Å²) in [5.74, 6) is 1.49. The van der Waals surface area contributed by atoms with E-state index in [2.05, 4.69) is 10.1 Å². The van der Waals surface area contributed by atoms with E-state index < -0.39 is 0 Å². The van der Waals surface area contributed by atoms with E-state index in [9.17, 15) is 4.79 Å². The third-order valence-corrected chi connectivity index (χ3v) is 6.32. The Labute approximate surface area is 174 Å². The average Bonchev–Trinajstić information content (AvgIpc) is 3.06. The Hall–Kier alpha value is -2.16. The molecular formula is C21H26N4O3S. The van der Waals surface area contributed by atoms with Gasteiger partial charge in [-0.1, -0.05) is 29.1 Å². The number of fused-ring (bicyclic) bond motifs is 1. The summed E-state index contributed by atoms with van der Waals surface area (Å²) in [5.41, 5.74) is 2.72. The SMILES string of the molecule is Cc1noc(C)c1CSc1nc2ccccc2c(=O)n1CCCN1CCOCC1. The molecule has 0 spiro atoms. The van der Waals surface area contributed by atoms with Gasteiger partial charge in [0.1, 0.15) is 5.76 Å². The molecule has 1 saturated heterocycles. The minimum Gasteiger partial charge on any atom is -0.379 e. The molecule has 0 atom stereocenters. The summed E-state index contributed by atoms with van der Waals surface area (Å²) in [6.45, 7) is 8.95. The number of thioether (sulfide) groups is 1. The number of morpholine rings is 1. The smallest absolute Gasteiger partial charge is 0.262 e. The van der Waals surface area contributed by atoms with Gasteiger partial charge in [0, 0.05) is 37.5 Å². The van der Waals surface area contributed by atoms with Crippen molar-refractivity contribution in [2.45, 2.75) is 37.7 Å². The molecule has 3 heterocycles. The molecule has 0 radical (unpaired) electrons. The molecule has 0 N–H and O–H groups in total. The normalized spacial score (nSPS) is 15.2. The third kappa shape index (κ3) is 4.55. The van der Waals surface area contributed by atoms with Crippen LogP contribution >= 0.6 is 11.8 Å². The van der Waals surface area contributed by atoms with Gasteiger partial charge < -0.3 is 9.26 Å². The molecule has 29 heavy (non-hydrogen) atoms. The van der Waals surface area contributed by atoms with E-state index in [1.54, 1.807) is 11.8 Å². The highest BCUT2D eigenvalue weighted by Gasteiger charge is 2.16. The number of aryl methyl sites for hydroxylation is 2. The van der Waals surface area contributed by atoms with Gasteiger partial charge in [-0.25, -0.2) is 4.98 Å². The van der Waals surface area contributed by atoms with Crippen molar-refractivity contribution in [2.24, 2.45) is 0 Å². The van der Waals surface area contributed by atoms with Gasteiger partial charge in [-0.15, -0.1) is 0 Å². The number of hydrogen-bond acceptors (Lipinski definition) is 7. The minimum atomic E-state index is 0.0267. The van der Waals surface area contributed by atoms with Gasteiger partial charge >= 0.3 is 0 Å². The van der Waals surface area contributed by atoms with Crippen LogP contribution in [-0.2, 0) is 17.0 Å². The van der Waals surface area contributed by atoms with Gasteiger partial charge in [-0.3, -0.25) is 14.3 Å². The molecule has 1 aliphatic heterocycles. The molecule has 0 aliphatic carbocycles. The van der Waals surface area contributed by atoms with E-state index >= 15 is 0 Å². The summed E-state index contributed by atoms with van der Waals surface area (Å²) < 4.78 is 12.5. The topological polar surface area (TPSA) is 73.4 Å². The van der Waals surface area contributed by atoms with E-state index in [-0.39, 0.29) is 5.56 Å². The van der Waals surface area contributed by atoms with Crippen LogP contribution in [0, 0.1) is 13.8 Å². The second-order valence-electron chi connectivity index (χ2n) is 7.27. The molecular weight excluding hydrogens is 388 g/mol. The Morgan fingerprint density at radius 3 is 2.69 bits per heavy atom. The van der Waals surface area contributed by atoms with E-state index in [1.807, 2.05) is 42.7 Å². The second kappa shape index (κ2) is 9.11. The zero-order valence-corrected chi connectivity index (χ0v) is 17.7. The zero-order valence-electron chi connectivity index (χ0n) is 16.9. The number of para-hydroxylation sites is 1. The van der Waals surface area contributed by atoms with Crippen molar-refractivity contribution >= 4 is 22.7 Å². The van der Waals surface area contributed by atoms with Crippen LogP contribution in [0.5, 0.6) is 0 Å². The van der Waals surface area contributed by atoms with Crippen LogP contribution in [0.1, 0.15) is 23.4 Å². The molecule has 4 rings (SSSR count). The van der Waals surface area contributed by atoms with Gasteiger partial charge in [0.05, 0.1) is 29.8 Å². The van der Waals surface area contributed by atoms with Crippen molar-refractivity contribution in [3.05, 3.63) is 51.6 Å². The maximum absolute atomic E-state index is 13.2. The first-order valence-electron chi connectivity index (χ1n) is 9.97. The molecule has 1 fully saturated rings. The van der Waals surface area contributed by atoms with Gasteiger partial charge in [-0.2, -0.15) is 0 Å². The maximum Gasteiger partial charge on any atom is 0.262 e. The predicted molar refractivity (Wildman–Crippen MR) is 113 cm³/mol. The number of benzene rings is 1. The Morgan fingerprint density at radius 1 is 1.14 bits per heavy atom. The lowest BCUT2D eigenvalue weighted by atomic mass is 10.2. The fourth-order valence-electron chi connectivity index (χ4n) is 3.58. The largest absolute Gasteiger partial charge is 0.379 e. The molecule has 0 amide bonds. The Morgan fingerprint density at radius 2 is 1.93 bits per heavy atom. The molecule has 0 bridgehead atoms. The maximum atomic E-state index is 13.2. The van der Waals surface area contributed by atoms with Crippen LogP contribution in [0.25, 0.3) is 10.9 Å². The van der Waals surface area contributed by atoms with E-state index in [0.29, 0.717) is 17.7 Å². The summed E-state index contributed by atoms with van der Waals surface area (Å²) in [6.07, 6.45) is 0.902. The molecule has 1 aliphatic rings. The molecule has 0 saturated carbocycles. The zero-order chi connectivity index (χ0) is 20.2. The first-order chi connectivity index (χ1) is 14.1. The van der Waals surface area contributed by atoms with E-state index in [1.165, 1.54) is 0 Å². The highest BCUT2D eigenvalue weighted by molar-refractivity contribution is 7.98. The van der Waals surface area contributed by atoms with Gasteiger partial charge in [0.15, 0.2) is 5.16 Å². The second-order valence-corrected chi connectivity index (χ2v) is 8.21. The number of ether oxygens (including phenoxy) is 1. The Balaban J connectivity index is 1.57. The number of aromatic nitrogens is 3. The number of rotatable bonds is 7. The van der Waals surface area contributed by atoms with Crippen molar-refractivity contribution in [3.63, 3.8) is 0 Å². The van der Waals surface area contributed by atoms with Gasteiger partial charge in [0.25, 0.3) is 5.56 Å². The molecule has 3 aromatic rings. The van der Waals surface area contributed by atoms with Crippen LogP contribution < -0.4 is 5.56 Å². The Bertz CT molecular complexity index is 1020. The quantitative estimate of drug-likeness (QED) is 0.435. The fourth-order valence-corrected chi connectivity index (χ4v) is 4.76. The summed E-state index contributed by atoms with van der Waals surface area (Å²) in [4.78, 5) is 20.4.